The highest BCUT2D eigenvalue weighted by molar-refractivity contribution is 6.73. The van der Waals surface area contributed by atoms with Gasteiger partial charge in [-0.25, -0.2) is 0 Å². The Bertz CT molecular complexity index is 788. The zero-order valence-electron chi connectivity index (χ0n) is 17.5. The van der Waals surface area contributed by atoms with Crippen molar-refractivity contribution in [3.05, 3.63) is 35.5 Å². The third kappa shape index (κ3) is 4.47. The first kappa shape index (κ1) is 22.2. The number of H-pyrrole nitrogens is 1. The van der Waals surface area contributed by atoms with E-state index in [1.165, 1.54) is 14.2 Å². The molecule has 7 heteroatoms. The molecular weight excluding hydrogens is 374 g/mol. The predicted molar refractivity (Wildman–Crippen MR) is 112 cm³/mol. The molecule has 0 fully saturated rings. The molecule has 0 unspecified atom stereocenters. The molecule has 1 aromatic heterocycles. The lowest BCUT2D eigenvalue weighted by molar-refractivity contribution is -0.154. The Hall–Kier alpha value is -2.12. The van der Waals surface area contributed by atoms with Gasteiger partial charge >= 0.3 is 11.9 Å². The quantitative estimate of drug-likeness (QED) is 0.365. The summed E-state index contributed by atoms with van der Waals surface area (Å²) >= 11 is 0. The van der Waals surface area contributed by atoms with Gasteiger partial charge in [0.15, 0.2) is 14.2 Å². The van der Waals surface area contributed by atoms with E-state index in [1.54, 1.807) is 0 Å². The SMILES string of the molecule is CC[Si](CC)(CC)OCCc1c(C(C(=O)OC)C(=O)OC)[nH]c2ccccc12. The minimum atomic E-state index is -1.71. The molecule has 2 aromatic rings. The first-order chi connectivity index (χ1) is 13.5. The van der Waals surface area contributed by atoms with Gasteiger partial charge in [-0.3, -0.25) is 9.59 Å². The summed E-state index contributed by atoms with van der Waals surface area (Å²) in [4.78, 5) is 27.9. The molecule has 0 spiro atoms. The molecular formula is C21H31NO5Si. The average molecular weight is 406 g/mol. The highest BCUT2D eigenvalue weighted by Crippen LogP contribution is 2.31. The minimum Gasteiger partial charge on any atom is -0.468 e. The molecule has 0 radical (unpaired) electrons. The Morgan fingerprint density at radius 3 is 2.11 bits per heavy atom. The zero-order chi connectivity index (χ0) is 20.7. The van der Waals surface area contributed by atoms with E-state index in [-0.39, 0.29) is 0 Å². The number of aromatic amines is 1. The lowest BCUT2D eigenvalue weighted by Gasteiger charge is -2.28. The molecule has 0 amide bonds. The first-order valence-corrected chi connectivity index (χ1v) is 12.4. The Balaban J connectivity index is 2.42. The molecule has 154 valence electrons. The van der Waals surface area contributed by atoms with Gasteiger partial charge in [0.25, 0.3) is 0 Å². The van der Waals surface area contributed by atoms with Crippen molar-refractivity contribution >= 4 is 31.2 Å². The van der Waals surface area contributed by atoms with Gasteiger partial charge in [-0.05, 0) is 36.2 Å². The molecule has 0 aliphatic rings. The van der Waals surface area contributed by atoms with Gasteiger partial charge in [0.1, 0.15) is 0 Å². The summed E-state index contributed by atoms with van der Waals surface area (Å²) in [5.74, 6) is -2.41. The molecule has 2 rings (SSSR count). The van der Waals surface area contributed by atoms with Crippen molar-refractivity contribution in [1.29, 1.82) is 0 Å². The average Bonchev–Trinajstić information content (AvgIpc) is 3.09. The number of fused-ring (bicyclic) bond motifs is 1. The van der Waals surface area contributed by atoms with Gasteiger partial charge in [-0.15, -0.1) is 0 Å². The standard InChI is InChI=1S/C21H31NO5Si/c1-6-28(7-2,8-3)27-14-13-16-15-11-9-10-12-17(15)22-19(16)18(20(23)25-4)21(24)26-5/h9-12,18,22H,6-8,13-14H2,1-5H3. The van der Waals surface area contributed by atoms with Crippen molar-refractivity contribution in [3.8, 4) is 0 Å². The number of carbonyl (C=O) groups is 2. The molecule has 1 aromatic carbocycles. The van der Waals surface area contributed by atoms with Crippen LogP contribution in [0.15, 0.2) is 24.3 Å². The van der Waals surface area contributed by atoms with Gasteiger partial charge in [0, 0.05) is 23.2 Å². The number of para-hydroxylation sites is 1. The van der Waals surface area contributed by atoms with Crippen molar-refractivity contribution in [2.24, 2.45) is 0 Å². The third-order valence-electron chi connectivity index (χ3n) is 5.70. The topological polar surface area (TPSA) is 77.6 Å². The summed E-state index contributed by atoms with van der Waals surface area (Å²) in [6.45, 7) is 7.15. The van der Waals surface area contributed by atoms with Gasteiger partial charge in [0.2, 0.25) is 0 Å². The van der Waals surface area contributed by atoms with E-state index in [2.05, 4.69) is 25.8 Å². The number of esters is 2. The lowest BCUT2D eigenvalue weighted by Crippen LogP contribution is -2.36. The smallest absolute Gasteiger partial charge is 0.326 e. The van der Waals surface area contributed by atoms with Crippen molar-refractivity contribution in [1.82, 2.24) is 4.98 Å². The second-order valence-corrected chi connectivity index (χ2v) is 11.7. The van der Waals surface area contributed by atoms with Crippen LogP contribution in [0, 0.1) is 0 Å². The molecule has 0 aliphatic heterocycles. The van der Waals surface area contributed by atoms with E-state index in [4.69, 9.17) is 13.9 Å². The van der Waals surface area contributed by atoms with Crippen LogP contribution < -0.4 is 0 Å². The molecule has 0 aliphatic carbocycles. The van der Waals surface area contributed by atoms with E-state index < -0.39 is 26.2 Å². The normalized spacial score (nSPS) is 11.8. The van der Waals surface area contributed by atoms with Crippen LogP contribution in [0.5, 0.6) is 0 Å². The van der Waals surface area contributed by atoms with Crippen LogP contribution in [0.2, 0.25) is 18.1 Å². The summed E-state index contributed by atoms with van der Waals surface area (Å²) in [6, 6.07) is 11.0. The van der Waals surface area contributed by atoms with Crippen molar-refractivity contribution < 1.29 is 23.5 Å². The maximum atomic E-state index is 12.3. The Morgan fingerprint density at radius 2 is 1.57 bits per heavy atom. The summed E-state index contributed by atoms with van der Waals surface area (Å²) in [5, 5.41) is 0.982. The molecule has 1 heterocycles. The Labute approximate surface area is 167 Å². The number of rotatable bonds is 10. The predicted octanol–water partition coefficient (Wildman–Crippen LogP) is 4.16. The number of carbonyl (C=O) groups excluding carboxylic acids is 2. The van der Waals surface area contributed by atoms with E-state index in [9.17, 15) is 9.59 Å². The Kier molecular flexibility index (Phi) is 7.83. The number of hydrogen-bond acceptors (Lipinski definition) is 5. The summed E-state index contributed by atoms with van der Waals surface area (Å²) in [5.41, 5.74) is 2.30. The second kappa shape index (κ2) is 9.89. The summed E-state index contributed by atoms with van der Waals surface area (Å²) < 4.78 is 16.1. The van der Waals surface area contributed by atoms with Crippen LogP contribution in [0.4, 0.5) is 0 Å². The van der Waals surface area contributed by atoms with Gasteiger partial charge in [-0.2, -0.15) is 0 Å². The Morgan fingerprint density at radius 1 is 1.00 bits per heavy atom. The fourth-order valence-electron chi connectivity index (χ4n) is 3.73. The summed E-state index contributed by atoms with van der Waals surface area (Å²) in [6.07, 6.45) is 0.610. The molecule has 0 saturated carbocycles. The van der Waals surface area contributed by atoms with Crippen LogP contribution in [0.1, 0.15) is 37.9 Å². The van der Waals surface area contributed by atoms with Gasteiger partial charge in [0.05, 0.1) is 14.2 Å². The fourth-order valence-corrected chi connectivity index (χ4v) is 6.38. The third-order valence-corrected chi connectivity index (χ3v) is 10.4. The highest BCUT2D eigenvalue weighted by atomic mass is 28.4. The molecule has 28 heavy (non-hydrogen) atoms. The fraction of sp³-hybridized carbons (Fsp3) is 0.524. The highest BCUT2D eigenvalue weighted by Gasteiger charge is 2.35. The largest absolute Gasteiger partial charge is 0.468 e. The first-order valence-electron chi connectivity index (χ1n) is 9.85. The minimum absolute atomic E-state index is 0.528. The molecule has 0 atom stereocenters. The number of methoxy groups -OCH3 is 2. The molecule has 0 bridgehead atoms. The molecule has 6 nitrogen and oxygen atoms in total. The van der Waals surface area contributed by atoms with E-state index in [0.29, 0.717) is 18.7 Å². The number of aromatic nitrogens is 1. The van der Waals surface area contributed by atoms with E-state index in [0.717, 1.165) is 34.6 Å². The summed E-state index contributed by atoms with van der Waals surface area (Å²) in [7, 11) is 0.829. The number of benzene rings is 1. The monoisotopic (exact) mass is 405 g/mol. The van der Waals surface area contributed by atoms with Crippen molar-refractivity contribution in [2.45, 2.75) is 51.2 Å². The van der Waals surface area contributed by atoms with E-state index in [1.807, 2.05) is 24.3 Å². The maximum Gasteiger partial charge on any atom is 0.326 e. The van der Waals surface area contributed by atoms with Crippen LogP contribution in [-0.4, -0.2) is 46.1 Å². The van der Waals surface area contributed by atoms with Crippen LogP contribution in [-0.2, 0) is 29.9 Å². The van der Waals surface area contributed by atoms with Crippen LogP contribution in [0.25, 0.3) is 10.9 Å². The number of hydrogen-bond donors (Lipinski definition) is 1. The van der Waals surface area contributed by atoms with Crippen LogP contribution in [0.3, 0.4) is 0 Å². The molecule has 0 saturated heterocycles. The van der Waals surface area contributed by atoms with Crippen molar-refractivity contribution in [2.75, 3.05) is 20.8 Å². The maximum absolute atomic E-state index is 12.3. The van der Waals surface area contributed by atoms with Crippen molar-refractivity contribution in [3.63, 3.8) is 0 Å². The van der Waals surface area contributed by atoms with Gasteiger partial charge < -0.3 is 18.9 Å². The molecule has 1 N–H and O–H groups in total. The second-order valence-electron chi connectivity index (χ2n) is 6.88. The lowest BCUT2D eigenvalue weighted by atomic mass is 9.98. The number of ether oxygens (including phenoxy) is 2. The van der Waals surface area contributed by atoms with E-state index >= 15 is 0 Å². The zero-order valence-corrected chi connectivity index (χ0v) is 18.5. The number of nitrogens with one attached hydrogen (secondary N) is 1. The van der Waals surface area contributed by atoms with Crippen LogP contribution >= 0.6 is 0 Å². The van der Waals surface area contributed by atoms with Gasteiger partial charge in [-0.1, -0.05) is 39.0 Å².